The van der Waals surface area contributed by atoms with Crippen LogP contribution in [0.15, 0.2) is 101 Å². The molecule has 5 rings (SSSR count). The largest absolute Gasteiger partial charge is 0.488 e. The van der Waals surface area contributed by atoms with Gasteiger partial charge < -0.3 is 15.5 Å². The van der Waals surface area contributed by atoms with Crippen LogP contribution in [0.25, 0.3) is 21.7 Å². The lowest BCUT2D eigenvalue weighted by molar-refractivity contribution is 0.310. The SMILES string of the molecule is Nc1cccc2c(S(=O)(=O)N/N=C/c3c[nH]c4cccc(OCc5ccccc5)c34)cccc12. The van der Waals surface area contributed by atoms with Gasteiger partial charge >= 0.3 is 0 Å². The Morgan fingerprint density at radius 1 is 0.912 bits per heavy atom. The molecule has 4 N–H and O–H groups in total. The molecule has 1 aromatic heterocycles. The fourth-order valence-electron chi connectivity index (χ4n) is 3.89. The Kier molecular flexibility index (Phi) is 5.65. The number of anilines is 1. The first kappa shape index (κ1) is 21.5. The second-order valence-electron chi connectivity index (χ2n) is 7.75. The second kappa shape index (κ2) is 8.92. The molecule has 8 heteroatoms. The van der Waals surface area contributed by atoms with Gasteiger partial charge in [0.05, 0.1) is 16.5 Å². The van der Waals surface area contributed by atoms with Crippen LogP contribution in [-0.2, 0) is 16.6 Å². The maximum absolute atomic E-state index is 13.0. The van der Waals surface area contributed by atoms with Crippen molar-refractivity contribution in [2.75, 3.05) is 5.73 Å². The summed E-state index contributed by atoms with van der Waals surface area (Å²) >= 11 is 0. The van der Waals surface area contributed by atoms with E-state index in [0.29, 0.717) is 34.4 Å². The molecule has 0 spiro atoms. The Bertz CT molecular complexity index is 1610. The van der Waals surface area contributed by atoms with Crippen molar-refractivity contribution in [3.8, 4) is 5.75 Å². The van der Waals surface area contributed by atoms with E-state index < -0.39 is 10.0 Å². The summed E-state index contributed by atoms with van der Waals surface area (Å²) in [5, 5.41) is 6.06. The lowest BCUT2D eigenvalue weighted by atomic mass is 10.1. The van der Waals surface area contributed by atoms with Gasteiger partial charge in [-0.25, -0.2) is 4.83 Å². The third kappa shape index (κ3) is 4.18. The van der Waals surface area contributed by atoms with Crippen LogP contribution in [0.4, 0.5) is 5.69 Å². The minimum atomic E-state index is -3.91. The number of hydrogen-bond donors (Lipinski definition) is 3. The van der Waals surface area contributed by atoms with Crippen LogP contribution in [0.5, 0.6) is 5.75 Å². The van der Waals surface area contributed by atoms with Gasteiger partial charge in [0.1, 0.15) is 12.4 Å². The van der Waals surface area contributed by atoms with Gasteiger partial charge in [0.2, 0.25) is 0 Å². The van der Waals surface area contributed by atoms with Crippen LogP contribution in [0.3, 0.4) is 0 Å². The van der Waals surface area contributed by atoms with E-state index in [4.69, 9.17) is 10.5 Å². The van der Waals surface area contributed by atoms with Gasteiger partial charge in [-0.15, -0.1) is 0 Å². The van der Waals surface area contributed by atoms with Gasteiger partial charge in [-0.05, 0) is 29.8 Å². The molecular weight excluding hydrogens is 448 g/mol. The van der Waals surface area contributed by atoms with Gasteiger partial charge in [-0.1, -0.05) is 60.7 Å². The maximum atomic E-state index is 13.0. The zero-order valence-corrected chi connectivity index (χ0v) is 18.9. The molecule has 34 heavy (non-hydrogen) atoms. The van der Waals surface area contributed by atoms with Crippen LogP contribution in [-0.4, -0.2) is 19.6 Å². The number of sulfonamides is 1. The number of hydrogen-bond acceptors (Lipinski definition) is 5. The topological polar surface area (TPSA) is 110 Å². The standard InChI is InChI=1S/C26H22N4O3S/c27-22-11-4-10-21-20(22)9-5-14-25(21)34(31,32)30-29-16-19-15-28-23-12-6-13-24(26(19)23)33-17-18-7-2-1-3-8-18/h1-16,28,30H,17,27H2/b29-16+. The highest BCUT2D eigenvalue weighted by atomic mass is 32.2. The number of H-pyrrole nitrogens is 1. The molecule has 0 aliphatic rings. The number of fused-ring (bicyclic) bond motifs is 2. The highest BCUT2D eigenvalue weighted by molar-refractivity contribution is 7.89. The molecule has 7 nitrogen and oxygen atoms in total. The van der Waals surface area contributed by atoms with Crippen molar-refractivity contribution in [1.82, 2.24) is 9.82 Å². The van der Waals surface area contributed by atoms with Crippen LogP contribution >= 0.6 is 0 Å². The molecule has 0 fully saturated rings. The first-order valence-electron chi connectivity index (χ1n) is 10.6. The second-order valence-corrected chi connectivity index (χ2v) is 9.38. The summed E-state index contributed by atoms with van der Waals surface area (Å²) in [4.78, 5) is 5.60. The molecule has 0 unspecified atom stereocenters. The summed E-state index contributed by atoms with van der Waals surface area (Å²) in [5.74, 6) is 0.677. The minimum Gasteiger partial charge on any atom is -0.488 e. The van der Waals surface area contributed by atoms with E-state index in [-0.39, 0.29) is 4.90 Å². The van der Waals surface area contributed by atoms with Gasteiger partial charge in [-0.2, -0.15) is 13.5 Å². The summed E-state index contributed by atoms with van der Waals surface area (Å²) in [6.45, 7) is 0.415. The van der Waals surface area contributed by atoms with Crippen LogP contribution in [0.1, 0.15) is 11.1 Å². The van der Waals surface area contributed by atoms with Crippen LogP contribution in [0.2, 0.25) is 0 Å². The number of rotatable bonds is 7. The molecule has 0 aliphatic heterocycles. The highest BCUT2D eigenvalue weighted by Gasteiger charge is 2.17. The van der Waals surface area contributed by atoms with Crippen LogP contribution in [0, 0.1) is 0 Å². The first-order valence-corrected chi connectivity index (χ1v) is 12.1. The number of hydrazone groups is 1. The molecule has 170 valence electrons. The Hall–Kier alpha value is -4.30. The van der Waals surface area contributed by atoms with Crippen molar-refractivity contribution < 1.29 is 13.2 Å². The predicted molar refractivity (Wildman–Crippen MR) is 135 cm³/mol. The average molecular weight is 471 g/mol. The molecule has 5 aromatic rings. The number of ether oxygens (including phenoxy) is 1. The monoisotopic (exact) mass is 470 g/mol. The van der Waals surface area contributed by atoms with Crippen molar-refractivity contribution in [3.63, 3.8) is 0 Å². The van der Waals surface area contributed by atoms with Crippen molar-refractivity contribution in [1.29, 1.82) is 0 Å². The molecule has 4 aromatic carbocycles. The van der Waals surface area contributed by atoms with Gasteiger partial charge in [0.25, 0.3) is 10.0 Å². The molecule has 0 amide bonds. The van der Waals surface area contributed by atoms with E-state index in [2.05, 4.69) is 14.9 Å². The van der Waals surface area contributed by atoms with Gasteiger partial charge in [-0.3, -0.25) is 0 Å². The molecule has 1 heterocycles. The van der Waals surface area contributed by atoms with Crippen molar-refractivity contribution >= 4 is 43.6 Å². The van der Waals surface area contributed by atoms with Crippen molar-refractivity contribution in [2.24, 2.45) is 5.10 Å². The lowest BCUT2D eigenvalue weighted by Crippen LogP contribution is -2.18. The summed E-state index contributed by atoms with van der Waals surface area (Å²) in [6.07, 6.45) is 3.22. The number of aromatic amines is 1. The fourth-order valence-corrected chi connectivity index (χ4v) is 4.90. The molecule has 0 saturated heterocycles. The van der Waals surface area contributed by atoms with Crippen LogP contribution < -0.4 is 15.3 Å². The molecule has 0 atom stereocenters. The smallest absolute Gasteiger partial charge is 0.277 e. The fraction of sp³-hybridized carbons (Fsp3) is 0.0385. The third-order valence-corrected chi connectivity index (χ3v) is 6.80. The van der Waals surface area contributed by atoms with Gasteiger partial charge in [0, 0.05) is 33.7 Å². The normalized spacial score (nSPS) is 11.9. The molecule has 0 saturated carbocycles. The number of nitrogens with two attached hydrogens (primary N) is 1. The van der Waals surface area contributed by atoms with Crippen molar-refractivity contribution in [2.45, 2.75) is 11.5 Å². The van der Waals surface area contributed by atoms with E-state index in [1.165, 1.54) is 12.3 Å². The summed E-state index contributed by atoms with van der Waals surface area (Å²) < 4.78 is 32.0. The molecule has 0 aliphatic carbocycles. The molecule has 0 radical (unpaired) electrons. The summed E-state index contributed by atoms with van der Waals surface area (Å²) in [6, 6.07) is 25.7. The zero-order chi connectivity index (χ0) is 23.5. The Labute approximate surface area is 196 Å². The van der Waals surface area contributed by atoms with Gasteiger partial charge in [0.15, 0.2) is 0 Å². The third-order valence-electron chi connectivity index (χ3n) is 5.52. The number of aromatic nitrogens is 1. The first-order chi connectivity index (χ1) is 16.5. The van der Waals surface area contributed by atoms with E-state index in [0.717, 1.165) is 16.5 Å². The minimum absolute atomic E-state index is 0.111. The average Bonchev–Trinajstić information content (AvgIpc) is 3.27. The number of nitrogens with zero attached hydrogens (tertiary/aromatic N) is 1. The Morgan fingerprint density at radius 2 is 1.68 bits per heavy atom. The van der Waals surface area contributed by atoms with E-state index >= 15 is 0 Å². The van der Waals surface area contributed by atoms with E-state index in [1.807, 2.05) is 48.5 Å². The zero-order valence-electron chi connectivity index (χ0n) is 18.1. The summed E-state index contributed by atoms with van der Waals surface area (Å²) in [5.41, 5.74) is 9.12. The Balaban J connectivity index is 1.41. The van der Waals surface area contributed by atoms with E-state index in [9.17, 15) is 8.42 Å². The molecule has 0 bridgehead atoms. The predicted octanol–water partition coefficient (Wildman–Crippen LogP) is 4.79. The quantitative estimate of drug-likeness (QED) is 0.180. The highest BCUT2D eigenvalue weighted by Crippen LogP contribution is 2.29. The lowest BCUT2D eigenvalue weighted by Gasteiger charge is -2.09. The summed E-state index contributed by atoms with van der Waals surface area (Å²) in [7, 11) is -3.91. The number of benzene rings is 4. The number of nitrogens with one attached hydrogen (secondary N) is 2. The maximum Gasteiger partial charge on any atom is 0.277 e. The number of nitrogen functional groups attached to an aromatic ring is 1. The van der Waals surface area contributed by atoms with E-state index in [1.54, 1.807) is 36.5 Å². The molecular formula is C26H22N4O3S. The van der Waals surface area contributed by atoms with Crippen molar-refractivity contribution in [3.05, 3.63) is 102 Å². The Morgan fingerprint density at radius 3 is 2.53 bits per heavy atom.